The summed E-state index contributed by atoms with van der Waals surface area (Å²) in [5.74, 6) is -1.67. The summed E-state index contributed by atoms with van der Waals surface area (Å²) in [5, 5.41) is 9.94. The number of rotatable bonds is 0. The largest absolute Gasteiger partial charge is 0.512 e. The zero-order valence-corrected chi connectivity index (χ0v) is 15.8. The molecule has 2 saturated heterocycles. The molecule has 0 aromatic heterocycles. The van der Waals surface area contributed by atoms with Crippen molar-refractivity contribution in [2.75, 3.05) is 11.9 Å². The highest BCUT2D eigenvalue weighted by atomic mass is 16.3. The highest BCUT2D eigenvalue weighted by Gasteiger charge is 2.68. The molecule has 2 fully saturated rings. The Balaban J connectivity index is 1.75. The lowest BCUT2D eigenvalue weighted by Gasteiger charge is -2.39. The number of ketones is 1. The molecule has 140 valence electrons. The monoisotopic (exact) mass is 366 g/mol. The van der Waals surface area contributed by atoms with Gasteiger partial charge in [0.1, 0.15) is 17.4 Å². The highest BCUT2D eigenvalue weighted by Crippen LogP contribution is 2.60. The van der Waals surface area contributed by atoms with Gasteiger partial charge in [0.05, 0.1) is 5.92 Å². The maximum Gasteiger partial charge on any atom is 0.262 e. The molecule has 3 aliphatic heterocycles. The molecule has 1 N–H and O–H groups in total. The number of likely N-dealkylation sites (N-methyl/N-ethyl adjacent to an activating group) is 1. The third kappa shape index (κ3) is 1.69. The number of aliphatic hydroxyl groups is 1. The summed E-state index contributed by atoms with van der Waals surface area (Å²) < 4.78 is 0. The Labute approximate surface area is 157 Å². The van der Waals surface area contributed by atoms with E-state index in [0.717, 1.165) is 23.2 Å². The summed E-state index contributed by atoms with van der Waals surface area (Å²) in [7, 11) is 1.77. The standard InChI is InChI=1S/C21H22N2O4/c1-9(24)13-18(25)17-15-11(21(2,3)23(17)20(13)27)8-10-6-5-7-12-14(10)16(15)19(26)22(12)4/h5-7,11,15-17,24H,8H2,1-4H3/b13-9+/t11-,15-,16-,17+/m1/s1. The number of nitrogens with zero attached hydrogens (tertiary/aromatic N) is 2. The summed E-state index contributed by atoms with van der Waals surface area (Å²) in [6, 6.07) is 5.28. The number of hydrogen-bond acceptors (Lipinski definition) is 4. The van der Waals surface area contributed by atoms with Gasteiger partial charge in [-0.1, -0.05) is 12.1 Å². The Kier molecular flexibility index (Phi) is 2.94. The van der Waals surface area contributed by atoms with E-state index in [1.54, 1.807) is 16.8 Å². The van der Waals surface area contributed by atoms with Gasteiger partial charge in [-0.3, -0.25) is 14.4 Å². The Morgan fingerprint density at radius 2 is 1.93 bits per heavy atom. The van der Waals surface area contributed by atoms with Crippen LogP contribution in [0.2, 0.25) is 0 Å². The van der Waals surface area contributed by atoms with Crippen LogP contribution in [0.4, 0.5) is 5.69 Å². The Morgan fingerprint density at radius 3 is 2.59 bits per heavy atom. The van der Waals surface area contributed by atoms with Crippen LogP contribution >= 0.6 is 0 Å². The van der Waals surface area contributed by atoms with E-state index < -0.39 is 23.4 Å². The summed E-state index contributed by atoms with van der Waals surface area (Å²) in [4.78, 5) is 42.7. The average Bonchev–Trinajstić information content (AvgIpc) is 3.11. The number of benzene rings is 1. The topological polar surface area (TPSA) is 77.9 Å². The summed E-state index contributed by atoms with van der Waals surface area (Å²) in [6.07, 6.45) is 0.739. The second-order valence-electron chi connectivity index (χ2n) is 8.71. The van der Waals surface area contributed by atoms with Crippen molar-refractivity contribution in [1.82, 2.24) is 4.90 Å². The van der Waals surface area contributed by atoms with Crippen molar-refractivity contribution >= 4 is 23.3 Å². The van der Waals surface area contributed by atoms with Gasteiger partial charge in [0, 0.05) is 24.2 Å². The molecule has 0 saturated carbocycles. The van der Waals surface area contributed by atoms with Gasteiger partial charge in [0.2, 0.25) is 5.91 Å². The zero-order chi connectivity index (χ0) is 19.4. The Bertz CT molecular complexity index is 972. The molecule has 0 unspecified atom stereocenters. The molecule has 6 heteroatoms. The first-order valence-corrected chi connectivity index (χ1v) is 9.35. The smallest absolute Gasteiger partial charge is 0.262 e. The predicted molar refractivity (Wildman–Crippen MR) is 98.3 cm³/mol. The van der Waals surface area contributed by atoms with Crippen LogP contribution in [-0.4, -0.2) is 46.2 Å². The van der Waals surface area contributed by atoms with Gasteiger partial charge in [-0.05, 0) is 50.3 Å². The van der Waals surface area contributed by atoms with E-state index in [1.165, 1.54) is 6.92 Å². The summed E-state index contributed by atoms with van der Waals surface area (Å²) in [5.41, 5.74) is 2.36. The number of carbonyl (C=O) groups is 3. The quantitative estimate of drug-likeness (QED) is 0.432. The van der Waals surface area contributed by atoms with E-state index in [4.69, 9.17) is 0 Å². The van der Waals surface area contributed by atoms with Gasteiger partial charge >= 0.3 is 0 Å². The second-order valence-corrected chi connectivity index (χ2v) is 8.71. The van der Waals surface area contributed by atoms with Gasteiger partial charge in [0.25, 0.3) is 5.91 Å². The van der Waals surface area contributed by atoms with Crippen LogP contribution in [0.1, 0.15) is 37.8 Å². The van der Waals surface area contributed by atoms with Gasteiger partial charge < -0.3 is 14.9 Å². The van der Waals surface area contributed by atoms with Crippen LogP contribution in [0.25, 0.3) is 0 Å². The predicted octanol–water partition coefficient (Wildman–Crippen LogP) is 1.94. The molecule has 4 aliphatic rings. The fraction of sp³-hybridized carbons (Fsp3) is 0.476. The number of fused-ring (bicyclic) bond motifs is 4. The molecule has 2 amide bonds. The van der Waals surface area contributed by atoms with Crippen LogP contribution in [-0.2, 0) is 20.8 Å². The van der Waals surface area contributed by atoms with E-state index in [-0.39, 0.29) is 34.9 Å². The molecule has 6 nitrogen and oxygen atoms in total. The third-order valence-corrected chi connectivity index (χ3v) is 7.21. The Hall–Kier alpha value is -2.63. The number of hydrogen-bond donors (Lipinski definition) is 1. The van der Waals surface area contributed by atoms with Crippen molar-refractivity contribution < 1.29 is 19.5 Å². The number of Topliss-reactive ketones (excluding diaryl/α,β-unsaturated/α-hetero) is 1. The van der Waals surface area contributed by atoms with Crippen LogP contribution in [0, 0.1) is 11.8 Å². The van der Waals surface area contributed by atoms with Crippen LogP contribution in [0.3, 0.4) is 0 Å². The van der Waals surface area contributed by atoms with Crippen molar-refractivity contribution in [1.29, 1.82) is 0 Å². The van der Waals surface area contributed by atoms with Crippen molar-refractivity contribution in [3.8, 4) is 0 Å². The molecule has 0 bridgehead atoms. The molecule has 1 aromatic carbocycles. The second kappa shape index (κ2) is 4.80. The number of allylic oxidation sites excluding steroid dienone is 1. The zero-order valence-electron chi connectivity index (χ0n) is 15.8. The van der Waals surface area contributed by atoms with Crippen molar-refractivity contribution in [2.45, 2.75) is 44.7 Å². The van der Waals surface area contributed by atoms with Crippen LogP contribution in [0.5, 0.6) is 0 Å². The molecule has 5 rings (SSSR count). The number of carbonyl (C=O) groups excluding carboxylic acids is 3. The number of aliphatic hydroxyl groups excluding tert-OH is 1. The van der Waals surface area contributed by atoms with Crippen molar-refractivity contribution in [2.24, 2.45) is 11.8 Å². The lowest BCUT2D eigenvalue weighted by Crippen LogP contribution is -2.46. The lowest BCUT2D eigenvalue weighted by molar-refractivity contribution is -0.131. The van der Waals surface area contributed by atoms with Crippen LogP contribution < -0.4 is 4.90 Å². The molecule has 3 heterocycles. The minimum absolute atomic E-state index is 0.0109. The van der Waals surface area contributed by atoms with E-state index in [2.05, 4.69) is 6.07 Å². The molecule has 0 radical (unpaired) electrons. The number of amides is 2. The van der Waals surface area contributed by atoms with Crippen molar-refractivity contribution in [3.63, 3.8) is 0 Å². The highest BCUT2D eigenvalue weighted by molar-refractivity contribution is 6.27. The minimum atomic E-state index is -0.684. The first-order chi connectivity index (χ1) is 12.7. The first kappa shape index (κ1) is 16.5. The molecule has 0 spiro atoms. The lowest BCUT2D eigenvalue weighted by atomic mass is 9.64. The van der Waals surface area contributed by atoms with Gasteiger partial charge in [-0.25, -0.2) is 0 Å². The summed E-state index contributed by atoms with van der Waals surface area (Å²) in [6.45, 7) is 5.33. The summed E-state index contributed by atoms with van der Waals surface area (Å²) >= 11 is 0. The number of anilines is 1. The van der Waals surface area contributed by atoms with Gasteiger partial charge in [-0.15, -0.1) is 0 Å². The maximum atomic E-state index is 13.2. The SMILES string of the molecule is C/C(O)=C1/C(=O)[C@@H]2[C@H]3[C@@H]4C(=O)N(C)c5cccc(c54)C[C@H]3C(C)(C)N2C1=O. The fourth-order valence-corrected chi connectivity index (χ4v) is 6.06. The average molecular weight is 366 g/mol. The molecular weight excluding hydrogens is 344 g/mol. The molecular formula is C21H22N2O4. The van der Waals surface area contributed by atoms with E-state index in [0.29, 0.717) is 0 Å². The van der Waals surface area contributed by atoms with Crippen LogP contribution in [0.15, 0.2) is 29.5 Å². The fourth-order valence-electron chi connectivity index (χ4n) is 6.06. The third-order valence-electron chi connectivity index (χ3n) is 7.21. The van der Waals surface area contributed by atoms with Crippen molar-refractivity contribution in [3.05, 3.63) is 40.7 Å². The van der Waals surface area contributed by atoms with Gasteiger partial charge in [-0.2, -0.15) is 0 Å². The first-order valence-electron chi connectivity index (χ1n) is 9.35. The molecule has 27 heavy (non-hydrogen) atoms. The van der Waals surface area contributed by atoms with E-state index in [9.17, 15) is 19.5 Å². The molecule has 4 atom stereocenters. The molecule has 1 aliphatic carbocycles. The maximum absolute atomic E-state index is 13.2. The van der Waals surface area contributed by atoms with Gasteiger partial charge in [0.15, 0.2) is 5.78 Å². The molecule has 1 aromatic rings. The minimum Gasteiger partial charge on any atom is -0.512 e. The van der Waals surface area contributed by atoms with E-state index >= 15 is 0 Å². The van der Waals surface area contributed by atoms with E-state index in [1.807, 2.05) is 26.0 Å². The Morgan fingerprint density at radius 1 is 1.22 bits per heavy atom. The normalized spacial score (nSPS) is 34.7.